The fourth-order valence-corrected chi connectivity index (χ4v) is 4.56. The van der Waals surface area contributed by atoms with Gasteiger partial charge in [0, 0.05) is 23.2 Å². The van der Waals surface area contributed by atoms with E-state index in [0.29, 0.717) is 6.42 Å². The van der Waals surface area contributed by atoms with Crippen LogP contribution in [0.1, 0.15) is 35.1 Å². The van der Waals surface area contributed by atoms with Crippen LogP contribution >= 0.6 is 0 Å². The molecule has 2 heterocycles. The number of benzene rings is 3. The summed E-state index contributed by atoms with van der Waals surface area (Å²) in [5.74, 6) is -1.28. The number of aryl methyl sites for hydroxylation is 1. The SMILES string of the molecule is Cc1ccc(C2CC(c3cn(-c4ccccc4)nc3-c3ccccc3)C(C#N)C(=O)N2)cc1. The molecule has 3 unspecified atom stereocenters. The van der Waals surface area contributed by atoms with Crippen molar-refractivity contribution in [3.63, 3.8) is 0 Å². The third-order valence-electron chi connectivity index (χ3n) is 6.32. The predicted molar refractivity (Wildman–Crippen MR) is 128 cm³/mol. The summed E-state index contributed by atoms with van der Waals surface area (Å²) < 4.78 is 1.85. The number of amides is 1. The third-order valence-corrected chi connectivity index (χ3v) is 6.32. The molecular formula is C28H24N4O. The Morgan fingerprint density at radius 3 is 2.30 bits per heavy atom. The highest BCUT2D eigenvalue weighted by atomic mass is 16.2. The molecule has 0 bridgehead atoms. The van der Waals surface area contributed by atoms with Gasteiger partial charge in [0.2, 0.25) is 5.91 Å². The number of hydrogen-bond donors (Lipinski definition) is 1. The Hall–Kier alpha value is -4.17. The Morgan fingerprint density at radius 2 is 1.64 bits per heavy atom. The Balaban J connectivity index is 1.62. The van der Waals surface area contributed by atoms with Crippen LogP contribution in [0.25, 0.3) is 16.9 Å². The lowest BCUT2D eigenvalue weighted by atomic mass is 9.76. The molecule has 5 rings (SSSR count). The van der Waals surface area contributed by atoms with Crippen molar-refractivity contribution in [2.24, 2.45) is 5.92 Å². The summed E-state index contributed by atoms with van der Waals surface area (Å²) in [6, 6.07) is 30.2. The van der Waals surface area contributed by atoms with Crippen molar-refractivity contribution in [3.8, 4) is 23.0 Å². The fraction of sp³-hybridized carbons (Fsp3) is 0.179. The van der Waals surface area contributed by atoms with Gasteiger partial charge >= 0.3 is 0 Å². The quantitative estimate of drug-likeness (QED) is 0.474. The summed E-state index contributed by atoms with van der Waals surface area (Å²) in [7, 11) is 0. The van der Waals surface area contributed by atoms with Crippen LogP contribution in [0.5, 0.6) is 0 Å². The Morgan fingerprint density at radius 1 is 0.970 bits per heavy atom. The van der Waals surface area contributed by atoms with Crippen molar-refractivity contribution in [1.29, 1.82) is 5.26 Å². The molecule has 3 atom stereocenters. The minimum Gasteiger partial charge on any atom is -0.348 e. The molecule has 0 radical (unpaired) electrons. The molecule has 1 amide bonds. The number of hydrogen-bond acceptors (Lipinski definition) is 3. The molecule has 0 spiro atoms. The van der Waals surface area contributed by atoms with Gasteiger partial charge in [0.05, 0.1) is 23.5 Å². The number of rotatable bonds is 4. The lowest BCUT2D eigenvalue weighted by Crippen LogP contribution is -2.42. The molecule has 1 fully saturated rings. The van der Waals surface area contributed by atoms with Crippen LogP contribution in [0.4, 0.5) is 0 Å². The highest BCUT2D eigenvalue weighted by Crippen LogP contribution is 2.42. The molecule has 1 aliphatic rings. The van der Waals surface area contributed by atoms with E-state index in [-0.39, 0.29) is 17.9 Å². The van der Waals surface area contributed by atoms with Crippen LogP contribution in [-0.4, -0.2) is 15.7 Å². The second-order valence-electron chi connectivity index (χ2n) is 8.50. The van der Waals surface area contributed by atoms with Crippen molar-refractivity contribution < 1.29 is 4.79 Å². The van der Waals surface area contributed by atoms with Crippen molar-refractivity contribution in [2.75, 3.05) is 0 Å². The van der Waals surface area contributed by atoms with E-state index in [0.717, 1.165) is 28.1 Å². The second-order valence-corrected chi connectivity index (χ2v) is 8.50. The van der Waals surface area contributed by atoms with Crippen molar-refractivity contribution in [2.45, 2.75) is 25.3 Å². The molecule has 162 valence electrons. The number of aromatic nitrogens is 2. The van der Waals surface area contributed by atoms with Gasteiger partial charge in [-0.25, -0.2) is 4.68 Å². The first-order valence-corrected chi connectivity index (χ1v) is 11.1. The van der Waals surface area contributed by atoms with E-state index >= 15 is 0 Å². The molecule has 5 nitrogen and oxygen atoms in total. The zero-order valence-corrected chi connectivity index (χ0v) is 18.3. The Bertz CT molecular complexity index is 1300. The van der Waals surface area contributed by atoms with Gasteiger partial charge < -0.3 is 5.32 Å². The van der Waals surface area contributed by atoms with E-state index in [1.54, 1.807) is 0 Å². The number of nitrogens with one attached hydrogen (secondary N) is 1. The van der Waals surface area contributed by atoms with Gasteiger partial charge in [0.15, 0.2) is 0 Å². The number of carbonyl (C=O) groups is 1. The zero-order valence-electron chi connectivity index (χ0n) is 18.3. The number of piperidine rings is 1. The van der Waals surface area contributed by atoms with E-state index in [1.165, 1.54) is 5.56 Å². The monoisotopic (exact) mass is 432 g/mol. The predicted octanol–water partition coefficient (Wildman–Crippen LogP) is 5.33. The summed E-state index contributed by atoms with van der Waals surface area (Å²) in [5, 5.41) is 17.9. The Kier molecular flexibility index (Phi) is 5.50. The normalized spacial score (nSPS) is 20.1. The second kappa shape index (κ2) is 8.76. The highest BCUT2D eigenvalue weighted by molar-refractivity contribution is 5.84. The van der Waals surface area contributed by atoms with E-state index < -0.39 is 5.92 Å². The summed E-state index contributed by atoms with van der Waals surface area (Å²) in [6.07, 6.45) is 2.62. The van der Waals surface area contributed by atoms with Crippen LogP contribution in [0, 0.1) is 24.2 Å². The lowest BCUT2D eigenvalue weighted by molar-refractivity contribution is -0.126. The number of carbonyl (C=O) groups excluding carboxylic acids is 1. The first-order valence-electron chi connectivity index (χ1n) is 11.1. The molecule has 1 N–H and O–H groups in total. The van der Waals surface area contributed by atoms with Crippen LogP contribution in [-0.2, 0) is 4.79 Å². The molecule has 0 saturated carbocycles. The van der Waals surface area contributed by atoms with Crippen LogP contribution < -0.4 is 5.32 Å². The molecule has 33 heavy (non-hydrogen) atoms. The maximum atomic E-state index is 13.0. The van der Waals surface area contributed by atoms with Gasteiger partial charge in [-0.15, -0.1) is 0 Å². The number of nitrogens with zero attached hydrogens (tertiary/aromatic N) is 3. The van der Waals surface area contributed by atoms with E-state index in [2.05, 4.69) is 35.7 Å². The number of para-hydroxylation sites is 1. The average molecular weight is 433 g/mol. The Labute approximate surface area is 193 Å². The molecule has 5 heteroatoms. The molecule has 1 saturated heterocycles. The first-order chi connectivity index (χ1) is 16.1. The minimum atomic E-state index is -0.775. The number of nitriles is 1. The summed E-state index contributed by atoms with van der Waals surface area (Å²) in [4.78, 5) is 13.0. The topological polar surface area (TPSA) is 70.7 Å². The summed E-state index contributed by atoms with van der Waals surface area (Å²) in [5.41, 5.74) is 5.85. The van der Waals surface area contributed by atoms with E-state index in [4.69, 9.17) is 5.10 Å². The average Bonchev–Trinajstić information content (AvgIpc) is 3.30. The van der Waals surface area contributed by atoms with Crippen molar-refractivity contribution in [1.82, 2.24) is 15.1 Å². The maximum absolute atomic E-state index is 13.0. The smallest absolute Gasteiger partial charge is 0.238 e. The van der Waals surface area contributed by atoms with Crippen LogP contribution in [0.15, 0.2) is 91.1 Å². The molecule has 1 aromatic heterocycles. The molecule has 0 aliphatic carbocycles. The standard InChI is InChI=1S/C28H24N4O/c1-19-12-14-20(15-13-19)26-16-23(24(17-29)28(33)30-26)25-18-32(22-10-6-3-7-11-22)31-27(25)21-8-4-2-5-9-21/h2-15,18,23-24,26H,16H2,1H3,(H,30,33). The zero-order chi connectivity index (χ0) is 22.8. The summed E-state index contributed by atoms with van der Waals surface area (Å²) in [6.45, 7) is 2.04. The van der Waals surface area contributed by atoms with Crippen molar-refractivity contribution in [3.05, 3.63) is 108 Å². The van der Waals surface area contributed by atoms with Crippen LogP contribution in [0.2, 0.25) is 0 Å². The lowest BCUT2D eigenvalue weighted by Gasteiger charge is -2.33. The first kappa shape index (κ1) is 20.7. The van der Waals surface area contributed by atoms with Gasteiger partial charge in [-0.2, -0.15) is 10.4 Å². The van der Waals surface area contributed by atoms with Crippen molar-refractivity contribution >= 4 is 5.91 Å². The molecule has 4 aromatic rings. The molecule has 3 aromatic carbocycles. The maximum Gasteiger partial charge on any atom is 0.238 e. The van der Waals surface area contributed by atoms with Gasteiger partial charge in [-0.1, -0.05) is 78.4 Å². The highest BCUT2D eigenvalue weighted by Gasteiger charge is 2.40. The van der Waals surface area contributed by atoms with Gasteiger partial charge in [0.25, 0.3) is 0 Å². The van der Waals surface area contributed by atoms with Gasteiger partial charge in [-0.3, -0.25) is 4.79 Å². The van der Waals surface area contributed by atoms with Crippen LogP contribution in [0.3, 0.4) is 0 Å². The van der Waals surface area contributed by atoms with E-state index in [1.807, 2.05) is 78.5 Å². The molecule has 1 aliphatic heterocycles. The largest absolute Gasteiger partial charge is 0.348 e. The third kappa shape index (κ3) is 4.04. The fourth-order valence-electron chi connectivity index (χ4n) is 4.56. The minimum absolute atomic E-state index is 0.156. The summed E-state index contributed by atoms with van der Waals surface area (Å²) >= 11 is 0. The van der Waals surface area contributed by atoms with Gasteiger partial charge in [0.1, 0.15) is 5.92 Å². The molecular weight excluding hydrogens is 408 g/mol. The van der Waals surface area contributed by atoms with Gasteiger partial charge in [-0.05, 0) is 31.0 Å². The van der Waals surface area contributed by atoms with E-state index in [9.17, 15) is 10.1 Å².